The SMILES string of the molecule is COCC1C(OC(=O)c2cccs2)c2cc3c(cc2[C@@H](c2cc(OC)c(O)c(OC)c2)[C@H]1C=O)OCO3. The molecule has 0 saturated heterocycles. The Hall–Kier alpha value is -3.76. The molecule has 0 amide bonds. The molecule has 2 aromatic carbocycles. The number of methoxy groups -OCH3 is 3. The van der Waals surface area contributed by atoms with Crippen molar-refractivity contribution < 1.29 is 43.1 Å². The Morgan fingerprint density at radius 2 is 1.76 bits per heavy atom. The highest BCUT2D eigenvalue weighted by Gasteiger charge is 2.47. The van der Waals surface area contributed by atoms with E-state index < -0.39 is 29.8 Å². The first kappa shape index (κ1) is 24.9. The fourth-order valence-electron chi connectivity index (χ4n) is 5.16. The predicted molar refractivity (Wildman–Crippen MR) is 133 cm³/mol. The molecular weight excluding hydrogens is 500 g/mol. The van der Waals surface area contributed by atoms with E-state index in [2.05, 4.69) is 0 Å². The van der Waals surface area contributed by atoms with Crippen LogP contribution in [0.1, 0.15) is 38.4 Å². The van der Waals surface area contributed by atoms with Crippen LogP contribution in [0, 0.1) is 11.8 Å². The minimum absolute atomic E-state index is 0.0575. The normalized spacial score (nSPS) is 21.7. The predicted octanol–water partition coefficient (Wildman–Crippen LogP) is 4.32. The molecule has 1 aliphatic carbocycles. The lowest BCUT2D eigenvalue weighted by atomic mass is 9.65. The molecule has 1 N–H and O–H groups in total. The number of hydrogen-bond acceptors (Lipinski definition) is 10. The summed E-state index contributed by atoms with van der Waals surface area (Å²) in [7, 11) is 4.42. The van der Waals surface area contributed by atoms with Crippen molar-refractivity contribution in [1.82, 2.24) is 0 Å². The Balaban J connectivity index is 1.71. The summed E-state index contributed by atoms with van der Waals surface area (Å²) in [6, 6.07) is 10.4. The van der Waals surface area contributed by atoms with Gasteiger partial charge in [-0.15, -0.1) is 11.3 Å². The molecule has 1 aliphatic heterocycles. The molecule has 2 heterocycles. The van der Waals surface area contributed by atoms with Gasteiger partial charge in [0, 0.05) is 30.4 Å². The van der Waals surface area contributed by atoms with Gasteiger partial charge in [-0.3, -0.25) is 0 Å². The fourth-order valence-corrected chi connectivity index (χ4v) is 5.77. The first-order valence-electron chi connectivity index (χ1n) is 11.6. The fraction of sp³-hybridized carbons (Fsp3) is 0.333. The third-order valence-corrected chi connectivity index (χ3v) is 7.67. The molecule has 2 aliphatic rings. The second kappa shape index (κ2) is 10.3. The Morgan fingerprint density at radius 1 is 1.08 bits per heavy atom. The number of rotatable bonds is 8. The summed E-state index contributed by atoms with van der Waals surface area (Å²) in [5.41, 5.74) is 2.09. The van der Waals surface area contributed by atoms with Gasteiger partial charge in [0.25, 0.3) is 0 Å². The molecule has 0 saturated carbocycles. The van der Waals surface area contributed by atoms with Crippen molar-refractivity contribution in [2.45, 2.75) is 12.0 Å². The highest BCUT2D eigenvalue weighted by molar-refractivity contribution is 7.11. The molecule has 0 bridgehead atoms. The summed E-state index contributed by atoms with van der Waals surface area (Å²) in [6.45, 7) is 0.213. The van der Waals surface area contributed by atoms with Crippen LogP contribution in [0.5, 0.6) is 28.7 Å². The van der Waals surface area contributed by atoms with Gasteiger partial charge in [0.05, 0.1) is 20.8 Å². The molecule has 2 unspecified atom stereocenters. The number of thiophene rings is 1. The number of fused-ring (bicyclic) bond motifs is 2. The minimum Gasteiger partial charge on any atom is -0.502 e. The van der Waals surface area contributed by atoms with Gasteiger partial charge >= 0.3 is 5.97 Å². The number of aldehydes is 1. The molecule has 0 fully saturated rings. The Morgan fingerprint density at radius 3 is 2.32 bits per heavy atom. The van der Waals surface area contributed by atoms with Gasteiger partial charge in [0.2, 0.25) is 12.5 Å². The Labute approximate surface area is 217 Å². The molecule has 9 nitrogen and oxygen atoms in total. The first-order chi connectivity index (χ1) is 18.0. The largest absolute Gasteiger partial charge is 0.502 e. The maximum atomic E-state index is 13.1. The maximum Gasteiger partial charge on any atom is 0.348 e. The number of esters is 1. The summed E-state index contributed by atoms with van der Waals surface area (Å²) in [4.78, 5) is 26.3. The summed E-state index contributed by atoms with van der Waals surface area (Å²) < 4.78 is 33.6. The summed E-state index contributed by atoms with van der Waals surface area (Å²) >= 11 is 1.28. The molecule has 37 heavy (non-hydrogen) atoms. The van der Waals surface area contributed by atoms with Crippen molar-refractivity contribution >= 4 is 23.6 Å². The van der Waals surface area contributed by atoms with Gasteiger partial charge in [-0.05, 0) is 46.8 Å². The lowest BCUT2D eigenvalue weighted by Crippen LogP contribution is -2.39. The molecule has 4 atom stereocenters. The maximum absolute atomic E-state index is 13.1. The molecule has 194 valence electrons. The number of aromatic hydroxyl groups is 1. The molecule has 3 aromatic rings. The summed E-state index contributed by atoms with van der Waals surface area (Å²) in [5, 5.41) is 12.3. The van der Waals surface area contributed by atoms with Gasteiger partial charge in [-0.1, -0.05) is 6.07 Å². The third-order valence-electron chi connectivity index (χ3n) is 6.82. The van der Waals surface area contributed by atoms with Crippen molar-refractivity contribution in [1.29, 1.82) is 0 Å². The van der Waals surface area contributed by atoms with Crippen molar-refractivity contribution in [3.63, 3.8) is 0 Å². The van der Waals surface area contributed by atoms with Crippen LogP contribution in [-0.4, -0.2) is 52.1 Å². The van der Waals surface area contributed by atoms with E-state index in [0.29, 0.717) is 27.5 Å². The number of phenols is 1. The van der Waals surface area contributed by atoms with Crippen LogP contribution in [0.3, 0.4) is 0 Å². The second-order valence-electron chi connectivity index (χ2n) is 8.72. The van der Waals surface area contributed by atoms with Gasteiger partial charge in [-0.25, -0.2) is 4.79 Å². The number of carbonyl (C=O) groups is 2. The van der Waals surface area contributed by atoms with Gasteiger partial charge in [0.1, 0.15) is 17.3 Å². The summed E-state index contributed by atoms with van der Waals surface area (Å²) in [5.74, 6) is -0.858. The van der Waals surface area contributed by atoms with E-state index in [1.54, 1.807) is 35.7 Å². The van der Waals surface area contributed by atoms with E-state index >= 15 is 0 Å². The van der Waals surface area contributed by atoms with E-state index in [0.717, 1.165) is 11.8 Å². The van der Waals surface area contributed by atoms with Gasteiger partial charge < -0.3 is 38.3 Å². The summed E-state index contributed by atoms with van der Waals surface area (Å²) in [6.07, 6.45) is 0.0750. The van der Waals surface area contributed by atoms with Crippen LogP contribution in [0.2, 0.25) is 0 Å². The number of benzene rings is 2. The molecular formula is C27H26O9S. The topological polar surface area (TPSA) is 110 Å². The Bertz CT molecular complexity index is 1280. The Kier molecular flexibility index (Phi) is 6.94. The monoisotopic (exact) mass is 526 g/mol. The average molecular weight is 527 g/mol. The quantitative estimate of drug-likeness (QED) is 0.339. The highest BCUT2D eigenvalue weighted by atomic mass is 32.1. The average Bonchev–Trinajstić information content (AvgIpc) is 3.61. The number of carbonyl (C=O) groups excluding carboxylic acids is 2. The lowest BCUT2D eigenvalue weighted by Gasteiger charge is -2.41. The van der Waals surface area contributed by atoms with Crippen LogP contribution in [0.15, 0.2) is 41.8 Å². The molecule has 5 rings (SSSR count). The van der Waals surface area contributed by atoms with Crippen LogP contribution >= 0.6 is 11.3 Å². The zero-order valence-corrected chi connectivity index (χ0v) is 21.3. The molecule has 0 radical (unpaired) electrons. The highest BCUT2D eigenvalue weighted by Crippen LogP contribution is 2.54. The zero-order chi connectivity index (χ0) is 26.1. The zero-order valence-electron chi connectivity index (χ0n) is 20.5. The van der Waals surface area contributed by atoms with Crippen molar-refractivity contribution in [2.24, 2.45) is 11.8 Å². The van der Waals surface area contributed by atoms with Gasteiger partial charge in [0.15, 0.2) is 23.0 Å². The van der Waals surface area contributed by atoms with Crippen molar-refractivity contribution in [3.8, 4) is 28.7 Å². The van der Waals surface area contributed by atoms with Crippen molar-refractivity contribution in [2.75, 3.05) is 34.7 Å². The number of ether oxygens (including phenoxy) is 6. The van der Waals surface area contributed by atoms with E-state index in [1.165, 1.54) is 32.7 Å². The molecule has 10 heteroatoms. The van der Waals surface area contributed by atoms with Crippen molar-refractivity contribution in [3.05, 3.63) is 63.3 Å². The number of hydrogen-bond donors (Lipinski definition) is 1. The van der Waals surface area contributed by atoms with E-state index in [1.807, 2.05) is 6.07 Å². The number of phenolic OH excluding ortho intramolecular Hbond substituents is 1. The van der Waals surface area contributed by atoms with Crippen LogP contribution < -0.4 is 18.9 Å². The van der Waals surface area contributed by atoms with E-state index in [-0.39, 0.29) is 30.6 Å². The molecule has 1 aromatic heterocycles. The third kappa shape index (κ3) is 4.36. The molecule has 0 spiro atoms. The van der Waals surface area contributed by atoms with Crippen LogP contribution in [-0.2, 0) is 14.3 Å². The van der Waals surface area contributed by atoms with E-state index in [9.17, 15) is 14.7 Å². The smallest absolute Gasteiger partial charge is 0.348 e. The first-order valence-corrected chi connectivity index (χ1v) is 12.5. The second-order valence-corrected chi connectivity index (χ2v) is 9.67. The van der Waals surface area contributed by atoms with Gasteiger partial charge in [-0.2, -0.15) is 0 Å². The minimum atomic E-state index is -0.786. The standard InChI is InChI=1S/C27H26O9S/c1-31-12-18-17(11-28)24(14-7-21(32-2)25(29)22(8-14)33-3)15-9-19-20(35-13-34-19)10-16(15)26(18)36-27(30)23-5-4-6-37-23/h4-11,17-18,24,26,29H,12-13H2,1-3H3/t17-,18?,24+,26?/m0/s1. The van der Waals surface area contributed by atoms with E-state index in [4.69, 9.17) is 28.4 Å². The van der Waals surface area contributed by atoms with Crippen LogP contribution in [0.4, 0.5) is 0 Å². The van der Waals surface area contributed by atoms with Crippen LogP contribution in [0.25, 0.3) is 0 Å². The lowest BCUT2D eigenvalue weighted by molar-refractivity contribution is -0.117.